The maximum absolute atomic E-state index is 12.0. The van der Waals surface area contributed by atoms with Crippen LogP contribution in [0.2, 0.25) is 5.02 Å². The van der Waals surface area contributed by atoms with Gasteiger partial charge in [-0.3, -0.25) is 4.79 Å². The molecule has 1 aromatic rings. The Morgan fingerprint density at radius 3 is 2.82 bits per heavy atom. The number of carbonyl (C=O) groups excluding carboxylic acids is 1. The minimum atomic E-state index is -0.207. The van der Waals surface area contributed by atoms with E-state index in [0.717, 1.165) is 36.3 Å². The summed E-state index contributed by atoms with van der Waals surface area (Å²) in [6.07, 6.45) is 3.72. The Morgan fingerprint density at radius 2 is 2.14 bits per heavy atom. The zero-order valence-electron chi connectivity index (χ0n) is 12.8. The molecule has 0 saturated carbocycles. The molecule has 0 radical (unpaired) electrons. The van der Waals surface area contributed by atoms with Gasteiger partial charge in [0.25, 0.3) is 0 Å². The second-order valence-corrected chi connectivity index (χ2v) is 6.47. The molecule has 2 rings (SSSR count). The van der Waals surface area contributed by atoms with E-state index in [-0.39, 0.29) is 17.9 Å². The Bertz CT molecular complexity index is 487. The quantitative estimate of drug-likeness (QED) is 0.810. The molecular formula is C17H24ClNO3. The number of carbonyl (C=O) groups is 1. The lowest BCUT2D eigenvalue weighted by molar-refractivity contribution is -0.122. The van der Waals surface area contributed by atoms with Crippen molar-refractivity contribution in [3.05, 3.63) is 34.9 Å². The number of halogens is 1. The zero-order valence-corrected chi connectivity index (χ0v) is 13.6. The van der Waals surface area contributed by atoms with Crippen molar-refractivity contribution < 1.29 is 14.6 Å². The van der Waals surface area contributed by atoms with Gasteiger partial charge in [-0.1, -0.05) is 23.7 Å². The number of hydrogen-bond donors (Lipinski definition) is 2. The van der Waals surface area contributed by atoms with Gasteiger partial charge in [0.1, 0.15) is 0 Å². The molecule has 0 aliphatic carbocycles. The summed E-state index contributed by atoms with van der Waals surface area (Å²) in [7, 11) is 0. The van der Waals surface area contributed by atoms with E-state index in [4.69, 9.17) is 16.3 Å². The molecular weight excluding hydrogens is 302 g/mol. The number of ether oxygens (including phenoxy) is 1. The molecule has 5 heteroatoms. The van der Waals surface area contributed by atoms with Gasteiger partial charge in [-0.15, -0.1) is 0 Å². The number of benzene rings is 1. The second kappa shape index (κ2) is 8.51. The molecule has 22 heavy (non-hydrogen) atoms. The van der Waals surface area contributed by atoms with Gasteiger partial charge in [-0.05, 0) is 43.4 Å². The molecule has 1 amide bonds. The lowest BCUT2D eigenvalue weighted by atomic mass is 9.81. The summed E-state index contributed by atoms with van der Waals surface area (Å²) in [5.41, 5.74) is 0.942. The van der Waals surface area contributed by atoms with Crippen molar-refractivity contribution in [2.75, 3.05) is 26.4 Å². The summed E-state index contributed by atoms with van der Waals surface area (Å²) in [6.45, 7) is 1.94. The molecule has 1 fully saturated rings. The average molecular weight is 326 g/mol. The Hall–Kier alpha value is -1.10. The summed E-state index contributed by atoms with van der Waals surface area (Å²) in [4.78, 5) is 12.0. The van der Waals surface area contributed by atoms with Crippen molar-refractivity contribution in [1.29, 1.82) is 0 Å². The molecule has 0 atom stereocenters. The number of rotatable bonds is 7. The van der Waals surface area contributed by atoms with Crippen LogP contribution in [0, 0.1) is 5.41 Å². The molecule has 1 aliphatic heterocycles. The number of hydrogen-bond acceptors (Lipinski definition) is 3. The van der Waals surface area contributed by atoms with E-state index in [1.165, 1.54) is 0 Å². The third kappa shape index (κ3) is 5.27. The molecule has 0 aromatic heterocycles. The Balaban J connectivity index is 1.69. The van der Waals surface area contributed by atoms with E-state index in [9.17, 15) is 9.90 Å². The van der Waals surface area contributed by atoms with Crippen LogP contribution in [0.4, 0.5) is 0 Å². The van der Waals surface area contributed by atoms with Gasteiger partial charge in [-0.25, -0.2) is 0 Å². The average Bonchev–Trinajstić information content (AvgIpc) is 2.54. The molecule has 1 saturated heterocycles. The van der Waals surface area contributed by atoms with E-state index in [0.29, 0.717) is 26.2 Å². The highest BCUT2D eigenvalue weighted by Gasteiger charge is 2.32. The van der Waals surface area contributed by atoms with E-state index in [2.05, 4.69) is 5.32 Å². The summed E-state index contributed by atoms with van der Waals surface area (Å²) in [5.74, 6) is 0.0429. The Labute approximate surface area is 136 Å². The van der Waals surface area contributed by atoms with Gasteiger partial charge in [0.05, 0.1) is 6.61 Å². The number of amides is 1. The van der Waals surface area contributed by atoms with Crippen LogP contribution >= 0.6 is 11.6 Å². The summed E-state index contributed by atoms with van der Waals surface area (Å²) in [5, 5.41) is 13.3. The minimum Gasteiger partial charge on any atom is -0.396 e. The van der Waals surface area contributed by atoms with Crippen molar-refractivity contribution in [3.8, 4) is 0 Å². The molecule has 0 unspecified atom stereocenters. The smallest absolute Gasteiger partial charge is 0.220 e. The first-order chi connectivity index (χ1) is 10.6. The van der Waals surface area contributed by atoms with Gasteiger partial charge in [0.15, 0.2) is 0 Å². The van der Waals surface area contributed by atoms with Crippen molar-refractivity contribution in [2.45, 2.75) is 32.1 Å². The number of aliphatic hydroxyl groups excluding tert-OH is 1. The largest absolute Gasteiger partial charge is 0.396 e. The molecule has 1 heterocycles. The van der Waals surface area contributed by atoms with Crippen LogP contribution in [0.25, 0.3) is 0 Å². The second-order valence-electron chi connectivity index (χ2n) is 6.03. The van der Waals surface area contributed by atoms with Gasteiger partial charge >= 0.3 is 0 Å². The Kier molecular flexibility index (Phi) is 6.68. The van der Waals surface area contributed by atoms with Gasteiger partial charge in [0, 0.05) is 36.6 Å². The first-order valence-corrected chi connectivity index (χ1v) is 8.21. The molecule has 4 nitrogen and oxygen atoms in total. The number of aryl methyl sites for hydroxylation is 1. The fourth-order valence-corrected chi connectivity index (χ4v) is 2.93. The standard InChI is InChI=1S/C17H24ClNO3/c18-15-5-1-3-14(11-15)4-2-6-16(21)19-12-17(13-20)7-9-22-10-8-17/h1,3,5,11,20H,2,4,6-10,12-13H2,(H,19,21). The van der Waals surface area contributed by atoms with Gasteiger partial charge in [-0.2, -0.15) is 0 Å². The lowest BCUT2D eigenvalue weighted by Crippen LogP contribution is -2.43. The molecule has 1 aromatic carbocycles. The van der Waals surface area contributed by atoms with Crippen LogP contribution in [0.3, 0.4) is 0 Å². The summed E-state index contributed by atoms with van der Waals surface area (Å²) >= 11 is 5.94. The van der Waals surface area contributed by atoms with Crippen LogP contribution in [0.15, 0.2) is 24.3 Å². The third-order valence-corrected chi connectivity index (χ3v) is 4.54. The maximum atomic E-state index is 12.0. The SMILES string of the molecule is O=C(CCCc1cccc(Cl)c1)NCC1(CO)CCOCC1. The number of aliphatic hydroxyl groups is 1. The zero-order chi connectivity index (χ0) is 15.8. The van der Waals surface area contributed by atoms with Crippen molar-refractivity contribution >= 4 is 17.5 Å². The van der Waals surface area contributed by atoms with E-state index >= 15 is 0 Å². The first-order valence-electron chi connectivity index (χ1n) is 7.83. The van der Waals surface area contributed by atoms with E-state index in [1.807, 2.05) is 24.3 Å². The maximum Gasteiger partial charge on any atom is 0.220 e. The van der Waals surface area contributed by atoms with Crippen molar-refractivity contribution in [2.24, 2.45) is 5.41 Å². The summed E-state index contributed by atoms with van der Waals surface area (Å²) < 4.78 is 5.32. The topological polar surface area (TPSA) is 58.6 Å². The van der Waals surface area contributed by atoms with E-state index < -0.39 is 0 Å². The van der Waals surface area contributed by atoms with Crippen LogP contribution in [0.5, 0.6) is 0 Å². The highest BCUT2D eigenvalue weighted by atomic mass is 35.5. The fourth-order valence-electron chi connectivity index (χ4n) is 2.72. The monoisotopic (exact) mass is 325 g/mol. The first kappa shape index (κ1) is 17.3. The number of nitrogens with one attached hydrogen (secondary N) is 1. The predicted molar refractivity (Wildman–Crippen MR) is 87.0 cm³/mol. The van der Waals surface area contributed by atoms with Crippen LogP contribution in [-0.4, -0.2) is 37.4 Å². The predicted octanol–water partition coefficient (Wildman–Crippen LogP) is 2.57. The molecule has 122 valence electrons. The van der Waals surface area contributed by atoms with Crippen LogP contribution < -0.4 is 5.32 Å². The normalized spacial score (nSPS) is 17.2. The minimum absolute atomic E-state index is 0.0429. The molecule has 1 aliphatic rings. The van der Waals surface area contributed by atoms with E-state index in [1.54, 1.807) is 0 Å². The highest BCUT2D eigenvalue weighted by molar-refractivity contribution is 6.30. The highest BCUT2D eigenvalue weighted by Crippen LogP contribution is 2.29. The summed E-state index contributed by atoms with van der Waals surface area (Å²) in [6, 6.07) is 7.72. The van der Waals surface area contributed by atoms with Crippen LogP contribution in [0.1, 0.15) is 31.2 Å². The fraction of sp³-hybridized carbons (Fsp3) is 0.588. The lowest BCUT2D eigenvalue weighted by Gasteiger charge is -2.35. The van der Waals surface area contributed by atoms with Crippen molar-refractivity contribution in [1.82, 2.24) is 5.32 Å². The molecule has 0 spiro atoms. The Morgan fingerprint density at radius 1 is 1.36 bits per heavy atom. The molecule has 2 N–H and O–H groups in total. The molecule has 0 bridgehead atoms. The van der Waals surface area contributed by atoms with Crippen LogP contribution in [-0.2, 0) is 16.0 Å². The van der Waals surface area contributed by atoms with Crippen molar-refractivity contribution in [3.63, 3.8) is 0 Å². The third-order valence-electron chi connectivity index (χ3n) is 4.31. The van der Waals surface area contributed by atoms with Gasteiger partial charge < -0.3 is 15.2 Å². The van der Waals surface area contributed by atoms with Gasteiger partial charge in [0.2, 0.25) is 5.91 Å².